The van der Waals surface area contributed by atoms with Gasteiger partial charge in [-0.3, -0.25) is 14.3 Å². The number of anilines is 2. The Balaban J connectivity index is 1.60. The van der Waals surface area contributed by atoms with Crippen molar-refractivity contribution in [3.63, 3.8) is 0 Å². The number of hydrogen-bond acceptors (Lipinski definition) is 5. The standard InChI is InChI=1S/C22H19N3O4S/c1-22(16-7-3-2-4-8-16)15-20(26)25(21(22)27)17-10-12-18(13-11-17)30(28,29)24-19-9-5-6-14-23-19/h2-14H,15H2,1H3,(H,23,24). The summed E-state index contributed by atoms with van der Waals surface area (Å²) >= 11 is 0. The summed E-state index contributed by atoms with van der Waals surface area (Å²) in [4.78, 5) is 30.9. The highest BCUT2D eigenvalue weighted by molar-refractivity contribution is 7.92. The first-order valence-corrected chi connectivity index (χ1v) is 10.8. The Morgan fingerprint density at radius 1 is 0.933 bits per heavy atom. The molecule has 1 atom stereocenters. The lowest BCUT2D eigenvalue weighted by atomic mass is 9.81. The molecule has 0 aliphatic carbocycles. The van der Waals surface area contributed by atoms with Crippen LogP contribution in [-0.4, -0.2) is 25.2 Å². The van der Waals surface area contributed by atoms with E-state index in [1.165, 1.54) is 36.5 Å². The predicted octanol–water partition coefficient (Wildman–Crippen LogP) is 3.10. The molecule has 4 rings (SSSR count). The monoisotopic (exact) mass is 421 g/mol. The van der Waals surface area contributed by atoms with Crippen LogP contribution in [0, 0.1) is 0 Å². The number of rotatable bonds is 5. The molecular formula is C22H19N3O4S. The molecule has 1 N–H and O–H groups in total. The normalized spacial score (nSPS) is 19.2. The van der Waals surface area contributed by atoms with Gasteiger partial charge in [0.1, 0.15) is 5.82 Å². The minimum Gasteiger partial charge on any atom is -0.274 e. The summed E-state index contributed by atoms with van der Waals surface area (Å²) in [6, 6.07) is 19.7. The van der Waals surface area contributed by atoms with Gasteiger partial charge in [-0.25, -0.2) is 18.3 Å². The molecule has 7 nitrogen and oxygen atoms in total. The minimum atomic E-state index is -3.85. The van der Waals surface area contributed by atoms with E-state index in [4.69, 9.17) is 0 Å². The summed E-state index contributed by atoms with van der Waals surface area (Å²) in [5.74, 6) is -0.459. The fourth-order valence-electron chi connectivity index (χ4n) is 3.50. The number of nitrogens with zero attached hydrogens (tertiary/aromatic N) is 2. The summed E-state index contributed by atoms with van der Waals surface area (Å²) in [6.07, 6.45) is 1.53. The first kappa shape index (κ1) is 19.8. The van der Waals surface area contributed by atoms with Crippen LogP contribution in [0.4, 0.5) is 11.5 Å². The van der Waals surface area contributed by atoms with E-state index in [0.29, 0.717) is 5.69 Å². The largest absolute Gasteiger partial charge is 0.274 e. The van der Waals surface area contributed by atoms with Gasteiger partial charge in [-0.15, -0.1) is 0 Å². The van der Waals surface area contributed by atoms with Gasteiger partial charge in [0.25, 0.3) is 10.0 Å². The third kappa shape index (κ3) is 3.46. The fraction of sp³-hybridized carbons (Fsp3) is 0.136. The highest BCUT2D eigenvalue weighted by atomic mass is 32.2. The molecule has 1 saturated heterocycles. The van der Waals surface area contributed by atoms with E-state index in [9.17, 15) is 18.0 Å². The molecule has 30 heavy (non-hydrogen) atoms. The lowest BCUT2D eigenvalue weighted by Gasteiger charge is -2.22. The van der Waals surface area contributed by atoms with E-state index in [1.807, 2.05) is 30.3 Å². The molecule has 0 spiro atoms. The molecule has 2 aromatic carbocycles. The third-order valence-corrected chi connectivity index (χ3v) is 6.52. The van der Waals surface area contributed by atoms with Crippen LogP contribution < -0.4 is 9.62 Å². The second kappa shape index (κ2) is 7.38. The van der Waals surface area contributed by atoms with Gasteiger partial charge in [0.2, 0.25) is 11.8 Å². The zero-order valence-corrected chi connectivity index (χ0v) is 17.0. The van der Waals surface area contributed by atoms with Crippen molar-refractivity contribution < 1.29 is 18.0 Å². The molecule has 1 aliphatic rings. The van der Waals surface area contributed by atoms with Gasteiger partial charge in [0.15, 0.2) is 0 Å². The van der Waals surface area contributed by atoms with E-state index in [1.54, 1.807) is 19.1 Å². The molecule has 0 bridgehead atoms. The van der Waals surface area contributed by atoms with E-state index >= 15 is 0 Å². The number of imide groups is 1. The van der Waals surface area contributed by atoms with Gasteiger partial charge in [0, 0.05) is 12.6 Å². The molecule has 1 unspecified atom stereocenters. The molecular weight excluding hydrogens is 402 g/mol. The quantitative estimate of drug-likeness (QED) is 0.639. The Labute approximate surface area is 174 Å². The second-order valence-corrected chi connectivity index (χ2v) is 8.91. The van der Waals surface area contributed by atoms with Crippen molar-refractivity contribution in [3.05, 3.63) is 84.6 Å². The van der Waals surface area contributed by atoms with Crippen LogP contribution in [0.2, 0.25) is 0 Å². The summed E-state index contributed by atoms with van der Waals surface area (Å²) in [6.45, 7) is 1.75. The topological polar surface area (TPSA) is 96.4 Å². The highest BCUT2D eigenvalue weighted by Gasteiger charge is 2.49. The van der Waals surface area contributed by atoms with E-state index in [-0.39, 0.29) is 28.9 Å². The van der Waals surface area contributed by atoms with Crippen LogP contribution in [0.3, 0.4) is 0 Å². The van der Waals surface area contributed by atoms with Crippen LogP contribution in [0.15, 0.2) is 83.9 Å². The van der Waals surface area contributed by atoms with Gasteiger partial charge < -0.3 is 0 Å². The van der Waals surface area contributed by atoms with Crippen LogP contribution in [-0.2, 0) is 25.0 Å². The van der Waals surface area contributed by atoms with Crippen molar-refractivity contribution in [2.75, 3.05) is 9.62 Å². The second-order valence-electron chi connectivity index (χ2n) is 7.22. The maximum absolute atomic E-state index is 13.1. The van der Waals surface area contributed by atoms with Crippen LogP contribution in [0.25, 0.3) is 0 Å². The number of amides is 2. The van der Waals surface area contributed by atoms with Crippen LogP contribution in [0.5, 0.6) is 0 Å². The fourth-order valence-corrected chi connectivity index (χ4v) is 4.51. The number of pyridine rings is 1. The number of carbonyl (C=O) groups is 2. The molecule has 2 heterocycles. The summed E-state index contributed by atoms with van der Waals surface area (Å²) in [5, 5.41) is 0. The Kier molecular flexibility index (Phi) is 4.87. The molecule has 2 amide bonds. The molecule has 0 saturated carbocycles. The minimum absolute atomic E-state index is 0.00168. The highest BCUT2D eigenvalue weighted by Crippen LogP contribution is 2.38. The molecule has 3 aromatic rings. The summed E-state index contributed by atoms with van der Waals surface area (Å²) in [5.41, 5.74) is 0.148. The van der Waals surface area contributed by atoms with Crippen molar-refractivity contribution >= 4 is 33.3 Å². The number of carbonyl (C=O) groups excluding carboxylic acids is 2. The molecule has 1 aromatic heterocycles. The smallest absolute Gasteiger partial charge is 0.263 e. The summed E-state index contributed by atoms with van der Waals surface area (Å²) < 4.78 is 27.5. The van der Waals surface area contributed by atoms with Gasteiger partial charge in [-0.1, -0.05) is 36.4 Å². The number of hydrogen-bond donors (Lipinski definition) is 1. The van der Waals surface area contributed by atoms with Crippen molar-refractivity contribution in [3.8, 4) is 0 Å². The maximum atomic E-state index is 13.1. The van der Waals surface area contributed by atoms with Crippen molar-refractivity contribution in [2.45, 2.75) is 23.7 Å². The molecule has 0 radical (unpaired) electrons. The van der Waals surface area contributed by atoms with E-state index in [0.717, 1.165) is 10.5 Å². The van der Waals surface area contributed by atoms with Gasteiger partial charge in [-0.2, -0.15) is 0 Å². The van der Waals surface area contributed by atoms with E-state index in [2.05, 4.69) is 9.71 Å². The number of sulfonamides is 1. The third-order valence-electron chi connectivity index (χ3n) is 5.15. The zero-order chi connectivity index (χ0) is 21.4. The number of nitrogens with one attached hydrogen (secondary N) is 1. The Bertz CT molecular complexity index is 1200. The van der Waals surface area contributed by atoms with Crippen molar-refractivity contribution in [1.29, 1.82) is 0 Å². The Morgan fingerprint density at radius 2 is 1.60 bits per heavy atom. The summed E-state index contributed by atoms with van der Waals surface area (Å²) in [7, 11) is -3.85. The van der Waals surface area contributed by atoms with Gasteiger partial charge >= 0.3 is 0 Å². The predicted molar refractivity (Wildman–Crippen MR) is 112 cm³/mol. The van der Waals surface area contributed by atoms with Gasteiger partial charge in [-0.05, 0) is 48.9 Å². The lowest BCUT2D eigenvalue weighted by molar-refractivity contribution is -0.122. The average molecular weight is 421 g/mol. The van der Waals surface area contributed by atoms with Gasteiger partial charge in [0.05, 0.1) is 16.0 Å². The molecule has 1 fully saturated rings. The molecule has 8 heteroatoms. The molecule has 152 valence electrons. The Hall–Kier alpha value is -3.52. The van der Waals surface area contributed by atoms with Crippen LogP contribution in [0.1, 0.15) is 18.9 Å². The average Bonchev–Trinajstić information content (AvgIpc) is 2.98. The lowest BCUT2D eigenvalue weighted by Crippen LogP contribution is -2.36. The first-order valence-electron chi connectivity index (χ1n) is 9.28. The van der Waals surface area contributed by atoms with Crippen LogP contribution >= 0.6 is 0 Å². The Morgan fingerprint density at radius 3 is 2.23 bits per heavy atom. The SMILES string of the molecule is CC1(c2ccccc2)CC(=O)N(c2ccc(S(=O)(=O)Nc3ccccn3)cc2)C1=O. The number of benzene rings is 2. The molecule has 1 aliphatic heterocycles. The van der Waals surface area contributed by atoms with E-state index < -0.39 is 15.4 Å². The van der Waals surface area contributed by atoms with Crippen molar-refractivity contribution in [2.24, 2.45) is 0 Å². The van der Waals surface area contributed by atoms with Crippen molar-refractivity contribution in [1.82, 2.24) is 4.98 Å². The zero-order valence-electron chi connectivity index (χ0n) is 16.1. The maximum Gasteiger partial charge on any atom is 0.263 e. The number of aromatic nitrogens is 1. The first-order chi connectivity index (χ1) is 14.3.